The first-order valence-electron chi connectivity index (χ1n) is 8.24. The zero-order valence-electron chi connectivity index (χ0n) is 12.9. The number of likely N-dealkylation sites (tertiary alicyclic amines) is 1. The second kappa shape index (κ2) is 8.89. The van der Waals surface area contributed by atoms with Crippen LogP contribution in [0.5, 0.6) is 0 Å². The van der Waals surface area contributed by atoms with Crippen LogP contribution < -0.4 is 5.73 Å². The first kappa shape index (κ1) is 17.8. The molecule has 3 atom stereocenters. The van der Waals surface area contributed by atoms with Gasteiger partial charge < -0.3 is 10.6 Å². The van der Waals surface area contributed by atoms with E-state index >= 15 is 0 Å². The van der Waals surface area contributed by atoms with Gasteiger partial charge in [-0.15, -0.1) is 12.4 Å². The number of amides is 1. The highest BCUT2D eigenvalue weighted by Crippen LogP contribution is 2.27. The third-order valence-corrected chi connectivity index (χ3v) is 5.18. The summed E-state index contributed by atoms with van der Waals surface area (Å²) in [5, 5.41) is 0. The Morgan fingerprint density at radius 3 is 2.55 bits per heavy atom. The van der Waals surface area contributed by atoms with Gasteiger partial charge in [0.25, 0.3) is 0 Å². The normalized spacial score (nSPS) is 31.3. The highest BCUT2D eigenvalue weighted by Gasteiger charge is 2.27. The van der Waals surface area contributed by atoms with Gasteiger partial charge in [-0.2, -0.15) is 0 Å². The Bertz CT molecular complexity index is 298. The molecule has 0 radical (unpaired) electrons. The summed E-state index contributed by atoms with van der Waals surface area (Å²) in [6.45, 7) is 4.21. The molecule has 1 heterocycles. The smallest absolute Gasteiger partial charge is 0.222 e. The van der Waals surface area contributed by atoms with Crippen LogP contribution in [0, 0.1) is 11.8 Å². The Morgan fingerprint density at radius 2 is 1.85 bits per heavy atom. The summed E-state index contributed by atoms with van der Waals surface area (Å²) in [6.07, 6.45) is 10.4. The fourth-order valence-electron chi connectivity index (χ4n) is 3.67. The molecule has 3 unspecified atom stereocenters. The fraction of sp³-hybridized carbons (Fsp3) is 0.938. The maximum Gasteiger partial charge on any atom is 0.222 e. The number of nitrogens with zero attached hydrogens (tertiary/aromatic N) is 1. The van der Waals surface area contributed by atoms with Gasteiger partial charge in [-0.1, -0.05) is 26.2 Å². The minimum atomic E-state index is 0. The summed E-state index contributed by atoms with van der Waals surface area (Å²) in [5.41, 5.74) is 6.16. The van der Waals surface area contributed by atoms with Crippen molar-refractivity contribution in [3.8, 4) is 0 Å². The molecule has 3 nitrogen and oxygen atoms in total. The largest absolute Gasteiger partial charge is 0.343 e. The minimum Gasteiger partial charge on any atom is -0.343 e. The highest BCUT2D eigenvalue weighted by atomic mass is 35.5. The van der Waals surface area contributed by atoms with Crippen LogP contribution in [0.25, 0.3) is 0 Å². The van der Waals surface area contributed by atoms with Gasteiger partial charge in [0.15, 0.2) is 0 Å². The molecule has 0 aromatic rings. The first-order valence-corrected chi connectivity index (χ1v) is 8.24. The SMILES string of the molecule is CCC1CCCN(C(=O)CC2CCCCC2N)CC1.Cl. The van der Waals surface area contributed by atoms with Crippen LogP contribution in [0.1, 0.15) is 64.7 Å². The molecule has 1 aliphatic carbocycles. The number of carbonyl (C=O) groups is 1. The van der Waals surface area contributed by atoms with Crippen LogP contribution >= 0.6 is 12.4 Å². The van der Waals surface area contributed by atoms with Crippen LogP contribution in [0.15, 0.2) is 0 Å². The molecule has 1 saturated carbocycles. The Labute approximate surface area is 130 Å². The predicted molar refractivity (Wildman–Crippen MR) is 86.0 cm³/mol. The number of hydrogen-bond acceptors (Lipinski definition) is 2. The molecule has 2 fully saturated rings. The number of rotatable bonds is 3. The van der Waals surface area contributed by atoms with Gasteiger partial charge in [-0.25, -0.2) is 0 Å². The molecular weight excluding hydrogens is 272 g/mol. The van der Waals surface area contributed by atoms with Gasteiger partial charge in [-0.05, 0) is 43.9 Å². The zero-order valence-corrected chi connectivity index (χ0v) is 13.7. The van der Waals surface area contributed by atoms with E-state index in [2.05, 4.69) is 11.8 Å². The van der Waals surface area contributed by atoms with Crippen molar-refractivity contribution in [2.45, 2.75) is 70.8 Å². The Morgan fingerprint density at radius 1 is 1.10 bits per heavy atom. The quantitative estimate of drug-likeness (QED) is 0.869. The maximum absolute atomic E-state index is 12.4. The minimum absolute atomic E-state index is 0. The van der Waals surface area contributed by atoms with Crippen LogP contribution in [0.4, 0.5) is 0 Å². The van der Waals surface area contributed by atoms with Crippen LogP contribution in [0.2, 0.25) is 0 Å². The second-order valence-corrected chi connectivity index (χ2v) is 6.50. The van der Waals surface area contributed by atoms with Crippen molar-refractivity contribution in [2.75, 3.05) is 13.1 Å². The van der Waals surface area contributed by atoms with Crippen molar-refractivity contribution < 1.29 is 4.79 Å². The standard InChI is InChI=1S/C16H30N2O.ClH/c1-2-13-6-5-10-18(11-9-13)16(19)12-14-7-3-4-8-15(14)17;/h13-15H,2-12,17H2,1H3;1H. The Hall–Kier alpha value is -0.280. The molecule has 0 aromatic carbocycles. The molecule has 4 heteroatoms. The van der Waals surface area contributed by atoms with E-state index in [1.165, 1.54) is 38.5 Å². The van der Waals surface area contributed by atoms with Crippen LogP contribution in [-0.2, 0) is 4.79 Å². The lowest BCUT2D eigenvalue weighted by molar-refractivity contribution is -0.132. The highest BCUT2D eigenvalue weighted by molar-refractivity contribution is 5.85. The average molecular weight is 303 g/mol. The average Bonchev–Trinajstić information content (AvgIpc) is 2.66. The third-order valence-electron chi connectivity index (χ3n) is 5.18. The summed E-state index contributed by atoms with van der Waals surface area (Å²) >= 11 is 0. The lowest BCUT2D eigenvalue weighted by Gasteiger charge is -2.30. The van der Waals surface area contributed by atoms with Gasteiger partial charge >= 0.3 is 0 Å². The van der Waals surface area contributed by atoms with Crippen molar-refractivity contribution >= 4 is 18.3 Å². The van der Waals surface area contributed by atoms with Gasteiger partial charge in [0, 0.05) is 25.6 Å². The van der Waals surface area contributed by atoms with E-state index in [0.717, 1.165) is 31.8 Å². The third kappa shape index (κ3) is 4.92. The molecule has 2 N–H and O–H groups in total. The molecule has 20 heavy (non-hydrogen) atoms. The van der Waals surface area contributed by atoms with E-state index < -0.39 is 0 Å². The van der Waals surface area contributed by atoms with E-state index in [-0.39, 0.29) is 18.4 Å². The number of carbonyl (C=O) groups excluding carboxylic acids is 1. The molecule has 0 spiro atoms. The van der Waals surface area contributed by atoms with Gasteiger partial charge in [-0.3, -0.25) is 4.79 Å². The monoisotopic (exact) mass is 302 g/mol. The van der Waals surface area contributed by atoms with E-state index in [0.29, 0.717) is 18.2 Å². The van der Waals surface area contributed by atoms with Crippen LogP contribution in [-0.4, -0.2) is 29.9 Å². The number of halogens is 1. The molecule has 1 amide bonds. The zero-order chi connectivity index (χ0) is 13.7. The molecule has 0 bridgehead atoms. The van der Waals surface area contributed by atoms with E-state index in [9.17, 15) is 4.79 Å². The van der Waals surface area contributed by atoms with E-state index in [4.69, 9.17) is 5.73 Å². The van der Waals surface area contributed by atoms with Gasteiger partial charge in [0.1, 0.15) is 0 Å². The van der Waals surface area contributed by atoms with Crippen molar-refractivity contribution in [1.82, 2.24) is 4.90 Å². The summed E-state index contributed by atoms with van der Waals surface area (Å²) < 4.78 is 0. The Kier molecular flexibility index (Phi) is 7.90. The van der Waals surface area contributed by atoms with E-state index in [1.54, 1.807) is 0 Å². The molecule has 1 saturated heterocycles. The molecule has 2 aliphatic rings. The first-order chi connectivity index (χ1) is 9.20. The fourth-order valence-corrected chi connectivity index (χ4v) is 3.67. The predicted octanol–water partition coefficient (Wildman–Crippen LogP) is 3.35. The van der Waals surface area contributed by atoms with Crippen molar-refractivity contribution in [1.29, 1.82) is 0 Å². The molecule has 118 valence electrons. The van der Waals surface area contributed by atoms with Crippen molar-refractivity contribution in [2.24, 2.45) is 17.6 Å². The summed E-state index contributed by atoms with van der Waals surface area (Å²) in [7, 11) is 0. The van der Waals surface area contributed by atoms with Crippen LogP contribution in [0.3, 0.4) is 0 Å². The topological polar surface area (TPSA) is 46.3 Å². The lowest BCUT2D eigenvalue weighted by atomic mass is 9.82. The number of hydrogen-bond donors (Lipinski definition) is 1. The molecule has 2 rings (SSSR count). The molecule has 0 aromatic heterocycles. The maximum atomic E-state index is 12.4. The summed E-state index contributed by atoms with van der Waals surface area (Å²) in [6, 6.07) is 0.257. The number of nitrogens with two attached hydrogens (primary N) is 1. The van der Waals surface area contributed by atoms with Gasteiger partial charge in [0.2, 0.25) is 5.91 Å². The summed E-state index contributed by atoms with van der Waals surface area (Å²) in [4.78, 5) is 14.5. The van der Waals surface area contributed by atoms with Crippen molar-refractivity contribution in [3.63, 3.8) is 0 Å². The summed E-state index contributed by atoms with van der Waals surface area (Å²) in [5.74, 6) is 1.63. The lowest BCUT2D eigenvalue weighted by Crippen LogP contribution is -2.39. The molecular formula is C16H31ClN2O. The van der Waals surface area contributed by atoms with Crippen molar-refractivity contribution in [3.05, 3.63) is 0 Å². The van der Waals surface area contributed by atoms with Gasteiger partial charge in [0.05, 0.1) is 0 Å². The van der Waals surface area contributed by atoms with E-state index in [1.807, 2.05) is 0 Å². The second-order valence-electron chi connectivity index (χ2n) is 6.50. The molecule has 1 aliphatic heterocycles. The Balaban J connectivity index is 0.00000200.